The summed E-state index contributed by atoms with van der Waals surface area (Å²) in [5.74, 6) is 0.566. The van der Waals surface area contributed by atoms with Crippen molar-refractivity contribution in [1.82, 2.24) is 0 Å². The van der Waals surface area contributed by atoms with Crippen LogP contribution in [0, 0.1) is 0 Å². The molecule has 3 rings (SSSR count). The van der Waals surface area contributed by atoms with Crippen LogP contribution in [-0.4, -0.2) is 5.78 Å². The monoisotopic (exact) mass is 453 g/mol. The summed E-state index contributed by atoms with van der Waals surface area (Å²) in [5, 5.41) is 4.38. The van der Waals surface area contributed by atoms with Crippen molar-refractivity contribution in [2.24, 2.45) is 0 Å². The molecule has 0 aromatic heterocycles. The van der Waals surface area contributed by atoms with Crippen LogP contribution in [0.1, 0.15) is 42.3 Å². The van der Waals surface area contributed by atoms with Gasteiger partial charge in [-0.25, -0.2) is 0 Å². The van der Waals surface area contributed by atoms with Gasteiger partial charge in [-0.15, -0.1) is 0 Å². The van der Waals surface area contributed by atoms with Gasteiger partial charge in [0.25, 0.3) is 0 Å². The first-order valence-corrected chi connectivity index (χ1v) is 10.7. The van der Waals surface area contributed by atoms with E-state index in [1.54, 1.807) is 42.6 Å². The third-order valence-corrected chi connectivity index (χ3v) is 5.34. The van der Waals surface area contributed by atoms with Gasteiger partial charge in [0.15, 0.2) is 5.78 Å². The van der Waals surface area contributed by atoms with Gasteiger partial charge in [0.1, 0.15) is 12.4 Å². The van der Waals surface area contributed by atoms with E-state index in [9.17, 15) is 4.79 Å². The Morgan fingerprint density at radius 2 is 1.71 bits per heavy atom. The lowest BCUT2D eigenvalue weighted by Gasteiger charge is -2.22. The van der Waals surface area contributed by atoms with Crippen molar-refractivity contribution in [2.75, 3.05) is 5.32 Å². The molecule has 31 heavy (non-hydrogen) atoms. The molecular weight excluding hydrogens is 429 g/mol. The fourth-order valence-electron chi connectivity index (χ4n) is 3.08. The third kappa shape index (κ3) is 6.36. The van der Waals surface area contributed by atoms with Gasteiger partial charge in [0.2, 0.25) is 0 Å². The maximum Gasteiger partial charge on any atom is 0.187 e. The van der Waals surface area contributed by atoms with E-state index in [0.717, 1.165) is 11.3 Å². The second-order valence-corrected chi connectivity index (χ2v) is 9.03. The topological polar surface area (TPSA) is 38.3 Å². The van der Waals surface area contributed by atoms with Crippen molar-refractivity contribution in [2.45, 2.75) is 32.8 Å². The number of carbonyl (C=O) groups excluding carboxylic acids is 1. The molecule has 0 saturated carbocycles. The SMILES string of the molecule is CC(C)(C)c1ccccc1NC=CC(=O)c1ccc(OCc2ccc(Cl)cc2Cl)cc1. The van der Waals surface area contributed by atoms with Crippen LogP contribution in [-0.2, 0) is 12.0 Å². The highest BCUT2D eigenvalue weighted by atomic mass is 35.5. The standard InChI is InChI=1S/C26H25Cl2NO2/c1-26(2,3)22-6-4-5-7-24(22)29-15-14-25(30)18-9-12-21(13-10-18)31-17-19-8-11-20(27)16-23(19)28/h4-16,29H,17H2,1-3H3. The van der Waals surface area contributed by atoms with Crippen LogP contribution in [0.2, 0.25) is 10.0 Å². The number of carbonyl (C=O) groups is 1. The minimum atomic E-state index is -0.0898. The highest BCUT2D eigenvalue weighted by Crippen LogP contribution is 2.29. The van der Waals surface area contributed by atoms with Gasteiger partial charge in [0.05, 0.1) is 0 Å². The predicted octanol–water partition coefficient (Wildman–Crippen LogP) is 7.68. The lowest BCUT2D eigenvalue weighted by Crippen LogP contribution is -2.13. The predicted molar refractivity (Wildman–Crippen MR) is 129 cm³/mol. The van der Waals surface area contributed by atoms with E-state index in [-0.39, 0.29) is 11.2 Å². The normalized spacial score (nSPS) is 11.5. The number of hydrogen-bond acceptors (Lipinski definition) is 3. The van der Waals surface area contributed by atoms with Crippen molar-refractivity contribution in [3.8, 4) is 5.75 Å². The van der Waals surface area contributed by atoms with E-state index in [1.807, 2.05) is 24.3 Å². The van der Waals surface area contributed by atoms with E-state index >= 15 is 0 Å². The van der Waals surface area contributed by atoms with Crippen molar-refractivity contribution >= 4 is 34.7 Å². The number of halogens is 2. The van der Waals surface area contributed by atoms with E-state index in [0.29, 0.717) is 28.0 Å². The van der Waals surface area contributed by atoms with Crippen LogP contribution in [0.3, 0.4) is 0 Å². The van der Waals surface area contributed by atoms with Crippen LogP contribution in [0.4, 0.5) is 5.69 Å². The Hall–Kier alpha value is -2.75. The minimum Gasteiger partial charge on any atom is -0.489 e. The molecule has 0 aliphatic rings. The molecule has 0 radical (unpaired) electrons. The van der Waals surface area contributed by atoms with Crippen molar-refractivity contribution in [3.63, 3.8) is 0 Å². The molecule has 0 heterocycles. The summed E-state index contributed by atoms with van der Waals surface area (Å²) < 4.78 is 5.76. The van der Waals surface area contributed by atoms with Crippen LogP contribution < -0.4 is 10.1 Å². The second-order valence-electron chi connectivity index (χ2n) is 8.19. The summed E-state index contributed by atoms with van der Waals surface area (Å²) >= 11 is 12.1. The number of rotatable bonds is 7. The number of ether oxygens (including phenoxy) is 1. The number of benzene rings is 3. The lowest BCUT2D eigenvalue weighted by molar-refractivity contribution is 0.104. The zero-order chi connectivity index (χ0) is 22.4. The van der Waals surface area contributed by atoms with Gasteiger partial charge in [-0.05, 0) is 53.4 Å². The van der Waals surface area contributed by atoms with Gasteiger partial charge in [-0.2, -0.15) is 0 Å². The largest absolute Gasteiger partial charge is 0.489 e. The average molecular weight is 454 g/mol. The molecule has 0 bridgehead atoms. The zero-order valence-corrected chi connectivity index (χ0v) is 19.3. The molecular formula is C26H25Cl2NO2. The molecule has 0 aliphatic carbocycles. The molecule has 0 fully saturated rings. The molecule has 160 valence electrons. The van der Waals surface area contributed by atoms with Crippen LogP contribution in [0.15, 0.2) is 79.0 Å². The Bertz CT molecular complexity index is 1080. The Balaban J connectivity index is 1.59. The molecule has 1 N–H and O–H groups in total. The highest BCUT2D eigenvalue weighted by molar-refractivity contribution is 6.35. The molecule has 0 aliphatic heterocycles. The van der Waals surface area contributed by atoms with Gasteiger partial charge >= 0.3 is 0 Å². The number of hydrogen-bond donors (Lipinski definition) is 1. The van der Waals surface area contributed by atoms with E-state index in [4.69, 9.17) is 27.9 Å². The molecule has 0 saturated heterocycles. The fraction of sp³-hybridized carbons (Fsp3) is 0.192. The number of anilines is 1. The third-order valence-electron chi connectivity index (χ3n) is 4.76. The molecule has 3 nitrogen and oxygen atoms in total. The van der Waals surface area contributed by atoms with Crippen molar-refractivity contribution in [1.29, 1.82) is 0 Å². The average Bonchev–Trinajstić information content (AvgIpc) is 2.73. The Labute approximate surface area is 193 Å². The van der Waals surface area contributed by atoms with E-state index in [2.05, 4.69) is 32.2 Å². The van der Waals surface area contributed by atoms with Gasteiger partial charge in [0, 0.05) is 39.1 Å². The maximum absolute atomic E-state index is 12.5. The van der Waals surface area contributed by atoms with Gasteiger partial charge < -0.3 is 10.1 Å². The number of allylic oxidation sites excluding steroid dienone is 1. The molecule has 0 spiro atoms. The first-order valence-electron chi connectivity index (χ1n) is 9.98. The fourth-order valence-corrected chi connectivity index (χ4v) is 3.54. The van der Waals surface area contributed by atoms with Gasteiger partial charge in [-0.1, -0.05) is 68.2 Å². The van der Waals surface area contributed by atoms with Crippen LogP contribution in [0.5, 0.6) is 5.75 Å². The molecule has 0 amide bonds. The molecule has 3 aromatic carbocycles. The summed E-state index contributed by atoms with van der Waals surface area (Å²) in [6.07, 6.45) is 3.21. The van der Waals surface area contributed by atoms with Crippen LogP contribution >= 0.6 is 23.2 Å². The summed E-state index contributed by atoms with van der Waals surface area (Å²) in [5.41, 5.74) is 3.61. The summed E-state index contributed by atoms with van der Waals surface area (Å²) in [7, 11) is 0. The Morgan fingerprint density at radius 1 is 1.00 bits per heavy atom. The van der Waals surface area contributed by atoms with Gasteiger partial charge in [-0.3, -0.25) is 4.79 Å². The second kappa shape index (κ2) is 10.0. The number of ketones is 1. The van der Waals surface area contributed by atoms with Crippen molar-refractivity contribution in [3.05, 3.63) is 106 Å². The Kier molecular flexibility index (Phi) is 7.42. The molecule has 0 atom stereocenters. The molecule has 5 heteroatoms. The first kappa shape index (κ1) is 22.9. The lowest BCUT2D eigenvalue weighted by atomic mass is 9.86. The summed E-state index contributed by atoms with van der Waals surface area (Å²) in [4.78, 5) is 12.5. The highest BCUT2D eigenvalue weighted by Gasteiger charge is 2.16. The summed E-state index contributed by atoms with van der Waals surface area (Å²) in [6, 6.07) is 20.4. The first-order chi connectivity index (χ1) is 14.7. The Morgan fingerprint density at radius 3 is 2.39 bits per heavy atom. The number of nitrogens with one attached hydrogen (secondary N) is 1. The van der Waals surface area contributed by atoms with E-state index < -0.39 is 0 Å². The zero-order valence-electron chi connectivity index (χ0n) is 17.8. The maximum atomic E-state index is 12.5. The summed E-state index contributed by atoms with van der Waals surface area (Å²) in [6.45, 7) is 6.80. The smallest absolute Gasteiger partial charge is 0.187 e. The quantitative estimate of drug-likeness (QED) is 0.294. The number of para-hydroxylation sites is 1. The minimum absolute atomic E-state index is 0.00745. The molecule has 3 aromatic rings. The molecule has 0 unspecified atom stereocenters. The van der Waals surface area contributed by atoms with Crippen LogP contribution in [0.25, 0.3) is 0 Å². The van der Waals surface area contributed by atoms with Crippen molar-refractivity contribution < 1.29 is 9.53 Å². The van der Waals surface area contributed by atoms with E-state index in [1.165, 1.54) is 11.6 Å².